The number of rotatable bonds is 9. The van der Waals surface area contributed by atoms with Crippen LogP contribution in [0.4, 0.5) is 0 Å². The van der Waals surface area contributed by atoms with Gasteiger partial charge in [-0.15, -0.1) is 6.58 Å². The van der Waals surface area contributed by atoms with Gasteiger partial charge >= 0.3 is 0 Å². The Morgan fingerprint density at radius 2 is 1.81 bits per heavy atom. The quantitative estimate of drug-likeness (QED) is 0.424. The summed E-state index contributed by atoms with van der Waals surface area (Å²) < 4.78 is 10.5. The number of aliphatic hydroxyl groups excluding tert-OH is 1. The predicted octanol–water partition coefficient (Wildman–Crippen LogP) is 3.99. The molecule has 1 rings (SSSR count). The number of allylic oxidation sites excluding steroid dienone is 3. The summed E-state index contributed by atoms with van der Waals surface area (Å²) in [5, 5.41) is 9.33. The second kappa shape index (κ2) is 9.83. The summed E-state index contributed by atoms with van der Waals surface area (Å²) in [5.74, 6) is 1.55. The third-order valence-corrected chi connectivity index (χ3v) is 3.05. The third-order valence-electron chi connectivity index (χ3n) is 3.05. The van der Waals surface area contributed by atoms with Crippen molar-refractivity contribution in [1.82, 2.24) is 0 Å². The molecule has 1 aromatic carbocycles. The SMILES string of the molecule is C=CC(O)CCC/C=C/C=C/c1cc(OC)cc(OC)c1. The van der Waals surface area contributed by atoms with Gasteiger partial charge in [0.2, 0.25) is 0 Å². The molecule has 114 valence electrons. The Labute approximate surface area is 127 Å². The highest BCUT2D eigenvalue weighted by Gasteiger charge is 1.98. The van der Waals surface area contributed by atoms with E-state index < -0.39 is 6.10 Å². The number of ether oxygens (including phenoxy) is 2. The normalized spacial score (nSPS) is 12.7. The molecule has 3 nitrogen and oxygen atoms in total. The van der Waals surface area contributed by atoms with Crippen LogP contribution in [-0.4, -0.2) is 25.4 Å². The highest BCUT2D eigenvalue weighted by Crippen LogP contribution is 2.23. The van der Waals surface area contributed by atoms with Gasteiger partial charge in [-0.1, -0.05) is 30.4 Å². The Kier molecular flexibility index (Phi) is 7.99. The van der Waals surface area contributed by atoms with Crippen LogP contribution in [0, 0.1) is 0 Å². The largest absolute Gasteiger partial charge is 0.497 e. The van der Waals surface area contributed by atoms with Crippen molar-refractivity contribution in [3.05, 3.63) is 54.6 Å². The van der Waals surface area contributed by atoms with Gasteiger partial charge in [-0.25, -0.2) is 0 Å². The van der Waals surface area contributed by atoms with Crippen molar-refractivity contribution in [2.45, 2.75) is 25.4 Å². The molecule has 0 aliphatic carbocycles. The molecule has 21 heavy (non-hydrogen) atoms. The van der Waals surface area contributed by atoms with E-state index in [1.54, 1.807) is 20.3 Å². The molecular formula is C18H24O3. The van der Waals surface area contributed by atoms with Gasteiger partial charge in [0.15, 0.2) is 0 Å². The van der Waals surface area contributed by atoms with Gasteiger partial charge in [0.05, 0.1) is 20.3 Å². The average Bonchev–Trinajstić information content (AvgIpc) is 2.53. The Morgan fingerprint density at radius 1 is 1.14 bits per heavy atom. The van der Waals surface area contributed by atoms with Crippen molar-refractivity contribution in [3.8, 4) is 11.5 Å². The number of hydrogen-bond donors (Lipinski definition) is 1. The standard InChI is InChI=1S/C18H24O3/c1-4-16(19)11-9-7-5-6-8-10-15-12-17(20-2)14-18(13-15)21-3/h4-6,8,10,12-14,16,19H,1,7,9,11H2,2-3H3/b6-5+,10-8+. The van der Waals surface area contributed by atoms with Crippen LogP contribution in [0.15, 0.2) is 49.1 Å². The maximum Gasteiger partial charge on any atom is 0.123 e. The van der Waals surface area contributed by atoms with Gasteiger partial charge in [-0.3, -0.25) is 0 Å². The summed E-state index contributed by atoms with van der Waals surface area (Å²) in [6, 6.07) is 5.75. The van der Waals surface area contributed by atoms with Crippen LogP contribution < -0.4 is 9.47 Å². The molecule has 1 atom stereocenters. The maximum absolute atomic E-state index is 9.33. The Morgan fingerprint density at radius 3 is 2.38 bits per heavy atom. The van der Waals surface area contributed by atoms with Crippen molar-refractivity contribution in [1.29, 1.82) is 0 Å². The number of methoxy groups -OCH3 is 2. The summed E-state index contributed by atoms with van der Waals surface area (Å²) in [5.41, 5.74) is 1.03. The van der Waals surface area contributed by atoms with E-state index in [0.717, 1.165) is 36.3 Å². The molecule has 1 unspecified atom stereocenters. The molecule has 0 saturated heterocycles. The first-order valence-electron chi connectivity index (χ1n) is 7.06. The molecule has 0 fully saturated rings. The van der Waals surface area contributed by atoms with E-state index in [-0.39, 0.29) is 0 Å². The third kappa shape index (κ3) is 6.82. The monoisotopic (exact) mass is 288 g/mol. The van der Waals surface area contributed by atoms with E-state index in [9.17, 15) is 5.11 Å². The molecule has 3 heteroatoms. The zero-order valence-electron chi connectivity index (χ0n) is 12.8. The number of hydrogen-bond acceptors (Lipinski definition) is 3. The van der Waals surface area contributed by atoms with Crippen LogP contribution in [0.3, 0.4) is 0 Å². The van der Waals surface area contributed by atoms with Crippen molar-refractivity contribution in [2.75, 3.05) is 14.2 Å². The highest BCUT2D eigenvalue weighted by molar-refractivity contribution is 5.56. The topological polar surface area (TPSA) is 38.7 Å². The van der Waals surface area contributed by atoms with Crippen LogP contribution in [0.1, 0.15) is 24.8 Å². The molecule has 0 saturated carbocycles. The van der Waals surface area contributed by atoms with Crippen LogP contribution in [0.2, 0.25) is 0 Å². The minimum absolute atomic E-state index is 0.391. The summed E-state index contributed by atoms with van der Waals surface area (Å²) in [7, 11) is 3.28. The molecule has 0 amide bonds. The molecule has 0 bridgehead atoms. The smallest absolute Gasteiger partial charge is 0.123 e. The fraction of sp³-hybridized carbons (Fsp3) is 0.333. The first-order valence-corrected chi connectivity index (χ1v) is 7.06. The van der Waals surface area contributed by atoms with Gasteiger partial charge in [0, 0.05) is 6.07 Å². The lowest BCUT2D eigenvalue weighted by molar-refractivity contribution is 0.210. The van der Waals surface area contributed by atoms with Crippen LogP contribution in [-0.2, 0) is 0 Å². The van der Waals surface area contributed by atoms with E-state index in [1.165, 1.54) is 0 Å². The van der Waals surface area contributed by atoms with Gasteiger partial charge in [-0.2, -0.15) is 0 Å². The minimum Gasteiger partial charge on any atom is -0.497 e. The molecule has 0 aliphatic heterocycles. The van der Waals surface area contributed by atoms with Crippen molar-refractivity contribution < 1.29 is 14.6 Å². The molecular weight excluding hydrogens is 264 g/mol. The molecule has 0 aromatic heterocycles. The summed E-state index contributed by atoms with van der Waals surface area (Å²) in [6.07, 6.45) is 11.9. The van der Waals surface area contributed by atoms with Gasteiger partial charge in [-0.05, 0) is 37.0 Å². The van der Waals surface area contributed by atoms with Gasteiger partial charge in [0.25, 0.3) is 0 Å². The van der Waals surface area contributed by atoms with E-state index in [0.29, 0.717) is 0 Å². The lowest BCUT2D eigenvalue weighted by atomic mass is 10.1. The van der Waals surface area contributed by atoms with Gasteiger partial charge < -0.3 is 14.6 Å². The average molecular weight is 288 g/mol. The van der Waals surface area contributed by atoms with Crippen molar-refractivity contribution in [2.24, 2.45) is 0 Å². The lowest BCUT2D eigenvalue weighted by Crippen LogP contribution is -1.99. The highest BCUT2D eigenvalue weighted by atomic mass is 16.5. The van der Waals surface area contributed by atoms with E-state index in [2.05, 4.69) is 12.7 Å². The van der Waals surface area contributed by atoms with Crippen LogP contribution in [0.5, 0.6) is 11.5 Å². The molecule has 1 aromatic rings. The Hall–Kier alpha value is -2.00. The summed E-state index contributed by atoms with van der Waals surface area (Å²) in [6.45, 7) is 3.55. The summed E-state index contributed by atoms with van der Waals surface area (Å²) in [4.78, 5) is 0. The molecule has 0 spiro atoms. The predicted molar refractivity (Wildman–Crippen MR) is 87.8 cm³/mol. The van der Waals surface area contributed by atoms with Crippen LogP contribution >= 0.6 is 0 Å². The second-order valence-corrected chi connectivity index (χ2v) is 4.67. The number of benzene rings is 1. The Bertz CT molecular complexity index is 467. The number of unbranched alkanes of at least 4 members (excludes halogenated alkanes) is 1. The number of aliphatic hydroxyl groups is 1. The molecule has 0 aliphatic rings. The van der Waals surface area contributed by atoms with Crippen LogP contribution in [0.25, 0.3) is 6.08 Å². The Balaban J connectivity index is 2.47. The van der Waals surface area contributed by atoms with E-state index in [4.69, 9.17) is 9.47 Å². The zero-order valence-corrected chi connectivity index (χ0v) is 12.8. The lowest BCUT2D eigenvalue weighted by Gasteiger charge is -2.05. The van der Waals surface area contributed by atoms with Crippen molar-refractivity contribution >= 4 is 6.08 Å². The molecule has 0 radical (unpaired) electrons. The van der Waals surface area contributed by atoms with Gasteiger partial charge in [0.1, 0.15) is 11.5 Å². The minimum atomic E-state index is -0.391. The zero-order chi connectivity index (χ0) is 15.5. The summed E-state index contributed by atoms with van der Waals surface area (Å²) >= 11 is 0. The fourth-order valence-electron chi connectivity index (χ4n) is 1.83. The maximum atomic E-state index is 9.33. The second-order valence-electron chi connectivity index (χ2n) is 4.67. The first kappa shape index (κ1) is 17.1. The first-order chi connectivity index (χ1) is 10.2. The van der Waals surface area contributed by atoms with E-state index in [1.807, 2.05) is 36.4 Å². The molecule has 0 heterocycles. The van der Waals surface area contributed by atoms with Crippen molar-refractivity contribution in [3.63, 3.8) is 0 Å². The van der Waals surface area contributed by atoms with E-state index >= 15 is 0 Å². The molecule has 1 N–H and O–H groups in total. The fourth-order valence-corrected chi connectivity index (χ4v) is 1.83.